The average Bonchev–Trinajstić information content (AvgIpc) is 2.32. The summed E-state index contributed by atoms with van der Waals surface area (Å²) >= 11 is 0. The largest absolute Gasteiger partial charge is 0.444 e. The summed E-state index contributed by atoms with van der Waals surface area (Å²) in [5, 5.41) is 6.11. The van der Waals surface area contributed by atoms with Crippen molar-refractivity contribution in [2.45, 2.75) is 46.3 Å². The summed E-state index contributed by atoms with van der Waals surface area (Å²) in [5.74, 6) is 0. The maximum absolute atomic E-state index is 11.5. The lowest BCUT2D eigenvalue weighted by Crippen LogP contribution is -2.36. The number of carbonyl (C=O) groups excluding carboxylic acids is 1. The van der Waals surface area contributed by atoms with E-state index in [1.807, 2.05) is 20.8 Å². The number of aryl methyl sites for hydroxylation is 1. The highest BCUT2D eigenvalue weighted by atomic mass is 16.6. The fourth-order valence-corrected chi connectivity index (χ4v) is 1.82. The Kier molecular flexibility index (Phi) is 6.02. The van der Waals surface area contributed by atoms with Crippen molar-refractivity contribution >= 4 is 6.09 Å². The van der Waals surface area contributed by atoms with Crippen molar-refractivity contribution in [3.63, 3.8) is 0 Å². The van der Waals surface area contributed by atoms with E-state index in [2.05, 4.69) is 48.7 Å². The predicted molar refractivity (Wildman–Crippen MR) is 81.8 cm³/mol. The normalized spacial score (nSPS) is 12.8. The summed E-state index contributed by atoms with van der Waals surface area (Å²) in [6, 6.07) is 8.67. The number of hydrogen-bond acceptors (Lipinski definition) is 3. The van der Waals surface area contributed by atoms with Crippen molar-refractivity contribution in [1.29, 1.82) is 0 Å². The Morgan fingerprint density at radius 2 is 2.00 bits per heavy atom. The second kappa shape index (κ2) is 7.29. The van der Waals surface area contributed by atoms with E-state index in [9.17, 15) is 4.79 Å². The molecule has 2 N–H and O–H groups in total. The van der Waals surface area contributed by atoms with Crippen molar-refractivity contribution in [1.82, 2.24) is 10.6 Å². The lowest BCUT2D eigenvalue weighted by Gasteiger charge is -2.20. The second-order valence-electron chi connectivity index (χ2n) is 6.02. The Bertz CT molecular complexity index is 438. The molecule has 0 aliphatic rings. The number of amides is 1. The lowest BCUT2D eigenvalue weighted by atomic mass is 10.1. The van der Waals surface area contributed by atoms with E-state index in [-0.39, 0.29) is 12.1 Å². The van der Waals surface area contributed by atoms with Crippen LogP contribution in [0.15, 0.2) is 24.3 Å². The Labute approximate surface area is 121 Å². The molecule has 20 heavy (non-hydrogen) atoms. The van der Waals surface area contributed by atoms with Crippen LogP contribution in [0.25, 0.3) is 0 Å². The fourth-order valence-electron chi connectivity index (χ4n) is 1.82. The van der Waals surface area contributed by atoms with E-state index in [1.54, 1.807) is 0 Å². The number of benzene rings is 1. The molecule has 1 amide bonds. The molecular weight excluding hydrogens is 252 g/mol. The first-order chi connectivity index (χ1) is 9.28. The average molecular weight is 278 g/mol. The van der Waals surface area contributed by atoms with Crippen molar-refractivity contribution in [3.05, 3.63) is 35.4 Å². The number of rotatable bonds is 5. The maximum atomic E-state index is 11.5. The van der Waals surface area contributed by atoms with Gasteiger partial charge in [-0.15, -0.1) is 0 Å². The van der Waals surface area contributed by atoms with Gasteiger partial charge in [-0.2, -0.15) is 0 Å². The van der Waals surface area contributed by atoms with Crippen LogP contribution in [0.5, 0.6) is 0 Å². The SMILES string of the molecule is Cc1cccc(C(C)NCCNC(=O)OC(C)(C)C)c1. The Hall–Kier alpha value is -1.55. The molecule has 0 saturated heterocycles. The molecule has 1 aromatic carbocycles. The molecule has 0 aliphatic carbocycles. The number of alkyl carbamates (subject to hydrolysis) is 1. The van der Waals surface area contributed by atoms with Gasteiger partial charge in [0.25, 0.3) is 0 Å². The molecule has 0 aliphatic heterocycles. The summed E-state index contributed by atoms with van der Waals surface area (Å²) in [5.41, 5.74) is 2.05. The van der Waals surface area contributed by atoms with E-state index < -0.39 is 5.60 Å². The van der Waals surface area contributed by atoms with Gasteiger partial charge in [0.2, 0.25) is 0 Å². The first kappa shape index (κ1) is 16.5. The van der Waals surface area contributed by atoms with Crippen LogP contribution in [0.2, 0.25) is 0 Å². The standard InChI is InChI=1S/C16H26N2O2/c1-12-7-6-8-14(11-12)13(2)17-9-10-18-15(19)20-16(3,4)5/h6-8,11,13,17H,9-10H2,1-5H3,(H,18,19). The summed E-state index contributed by atoms with van der Waals surface area (Å²) in [7, 11) is 0. The van der Waals surface area contributed by atoms with E-state index in [4.69, 9.17) is 4.74 Å². The quantitative estimate of drug-likeness (QED) is 0.813. The predicted octanol–water partition coefficient (Wildman–Crippen LogP) is 3.17. The van der Waals surface area contributed by atoms with Crippen molar-refractivity contribution in [3.8, 4) is 0 Å². The number of ether oxygens (including phenoxy) is 1. The van der Waals surface area contributed by atoms with E-state index in [1.165, 1.54) is 11.1 Å². The summed E-state index contributed by atoms with van der Waals surface area (Å²) < 4.78 is 5.17. The molecule has 1 rings (SSSR count). The highest BCUT2D eigenvalue weighted by Gasteiger charge is 2.15. The van der Waals surface area contributed by atoms with Gasteiger partial charge in [0.05, 0.1) is 0 Å². The van der Waals surface area contributed by atoms with Crippen LogP contribution in [-0.2, 0) is 4.74 Å². The van der Waals surface area contributed by atoms with Crippen molar-refractivity contribution < 1.29 is 9.53 Å². The zero-order valence-electron chi connectivity index (χ0n) is 13.1. The molecule has 0 spiro atoms. The molecule has 0 aromatic heterocycles. The molecule has 0 radical (unpaired) electrons. The second-order valence-corrected chi connectivity index (χ2v) is 6.02. The highest BCUT2D eigenvalue weighted by molar-refractivity contribution is 5.67. The Morgan fingerprint density at radius 1 is 1.30 bits per heavy atom. The third-order valence-corrected chi connectivity index (χ3v) is 2.79. The summed E-state index contributed by atoms with van der Waals surface area (Å²) in [6.07, 6.45) is -0.373. The van der Waals surface area contributed by atoms with Crippen LogP contribution in [0, 0.1) is 6.92 Å². The Morgan fingerprint density at radius 3 is 2.60 bits per heavy atom. The minimum absolute atomic E-state index is 0.260. The monoisotopic (exact) mass is 278 g/mol. The zero-order chi connectivity index (χ0) is 15.2. The van der Waals surface area contributed by atoms with Gasteiger partial charge in [0.15, 0.2) is 0 Å². The molecule has 112 valence electrons. The minimum atomic E-state index is -0.452. The fraction of sp³-hybridized carbons (Fsp3) is 0.562. The van der Waals surface area contributed by atoms with Gasteiger partial charge in [0.1, 0.15) is 5.60 Å². The third-order valence-electron chi connectivity index (χ3n) is 2.79. The van der Waals surface area contributed by atoms with Crippen LogP contribution < -0.4 is 10.6 Å². The molecule has 0 heterocycles. The molecule has 1 atom stereocenters. The lowest BCUT2D eigenvalue weighted by molar-refractivity contribution is 0.0528. The van der Waals surface area contributed by atoms with E-state index in [0.29, 0.717) is 13.1 Å². The number of carbonyl (C=O) groups is 1. The molecule has 1 aromatic rings. The summed E-state index contributed by atoms with van der Waals surface area (Å²) in [6.45, 7) is 11.0. The van der Waals surface area contributed by atoms with E-state index in [0.717, 1.165) is 0 Å². The number of nitrogens with one attached hydrogen (secondary N) is 2. The molecule has 1 unspecified atom stereocenters. The van der Waals surface area contributed by atoms with E-state index >= 15 is 0 Å². The van der Waals surface area contributed by atoms with Crippen LogP contribution >= 0.6 is 0 Å². The highest BCUT2D eigenvalue weighted by Crippen LogP contribution is 2.13. The molecule has 4 nitrogen and oxygen atoms in total. The zero-order valence-corrected chi connectivity index (χ0v) is 13.1. The van der Waals surface area contributed by atoms with Gasteiger partial charge in [-0.1, -0.05) is 29.8 Å². The van der Waals surface area contributed by atoms with Gasteiger partial charge in [0, 0.05) is 19.1 Å². The first-order valence-electron chi connectivity index (χ1n) is 7.05. The number of hydrogen-bond donors (Lipinski definition) is 2. The van der Waals surface area contributed by atoms with Crippen LogP contribution in [0.3, 0.4) is 0 Å². The first-order valence-corrected chi connectivity index (χ1v) is 7.05. The van der Waals surface area contributed by atoms with Crippen LogP contribution in [-0.4, -0.2) is 24.8 Å². The van der Waals surface area contributed by atoms with Crippen molar-refractivity contribution in [2.75, 3.05) is 13.1 Å². The molecule has 0 bridgehead atoms. The van der Waals surface area contributed by atoms with Gasteiger partial charge < -0.3 is 15.4 Å². The topological polar surface area (TPSA) is 50.4 Å². The van der Waals surface area contributed by atoms with Crippen LogP contribution in [0.4, 0.5) is 4.79 Å². The smallest absolute Gasteiger partial charge is 0.407 e. The van der Waals surface area contributed by atoms with Gasteiger partial charge in [-0.25, -0.2) is 4.79 Å². The molecule has 0 saturated carbocycles. The third kappa shape index (κ3) is 6.57. The maximum Gasteiger partial charge on any atom is 0.407 e. The molecule has 4 heteroatoms. The summed E-state index contributed by atoms with van der Waals surface area (Å²) in [4.78, 5) is 11.5. The van der Waals surface area contributed by atoms with Gasteiger partial charge in [-0.05, 0) is 40.2 Å². The van der Waals surface area contributed by atoms with Gasteiger partial charge >= 0.3 is 6.09 Å². The molecule has 0 fully saturated rings. The minimum Gasteiger partial charge on any atom is -0.444 e. The van der Waals surface area contributed by atoms with Gasteiger partial charge in [-0.3, -0.25) is 0 Å². The Balaban J connectivity index is 2.26. The van der Waals surface area contributed by atoms with Crippen LogP contribution in [0.1, 0.15) is 44.9 Å². The van der Waals surface area contributed by atoms with Crippen molar-refractivity contribution in [2.24, 2.45) is 0 Å². The molecular formula is C16H26N2O2.